The lowest BCUT2D eigenvalue weighted by atomic mass is 9.68. The molecular formula is C22H28N6. The van der Waals surface area contributed by atoms with E-state index in [1.807, 2.05) is 0 Å². The van der Waals surface area contributed by atoms with Crippen molar-refractivity contribution in [2.75, 3.05) is 37.6 Å². The van der Waals surface area contributed by atoms with Gasteiger partial charge in [0.2, 0.25) is 0 Å². The number of nitrogens with zero attached hydrogens (tertiary/aromatic N) is 5. The Kier molecular flexibility index (Phi) is 4.51. The van der Waals surface area contributed by atoms with Gasteiger partial charge >= 0.3 is 0 Å². The Morgan fingerprint density at radius 3 is 2.71 bits per heavy atom. The van der Waals surface area contributed by atoms with Crippen LogP contribution in [0.25, 0.3) is 11.2 Å². The average Bonchev–Trinajstić information content (AvgIpc) is 3.24. The van der Waals surface area contributed by atoms with Crippen molar-refractivity contribution in [1.29, 1.82) is 0 Å². The number of rotatable bonds is 3. The molecule has 0 bridgehead atoms. The lowest BCUT2D eigenvalue weighted by Crippen LogP contribution is -2.51. The summed E-state index contributed by atoms with van der Waals surface area (Å²) in [7, 11) is 0. The number of nitrogens with one attached hydrogen (secondary N) is 1. The summed E-state index contributed by atoms with van der Waals surface area (Å²) in [6, 6.07) is 11.1. The first-order valence-corrected chi connectivity index (χ1v) is 10.4. The fraction of sp³-hybridized carbons (Fsp3) is 0.500. The van der Waals surface area contributed by atoms with E-state index < -0.39 is 0 Å². The third kappa shape index (κ3) is 3.15. The van der Waals surface area contributed by atoms with Crippen LogP contribution in [0.5, 0.6) is 0 Å². The first-order valence-electron chi connectivity index (χ1n) is 10.4. The summed E-state index contributed by atoms with van der Waals surface area (Å²) in [5.41, 5.74) is 3.62. The summed E-state index contributed by atoms with van der Waals surface area (Å²) in [4.78, 5) is 21.4. The van der Waals surface area contributed by atoms with Crippen LogP contribution in [0.15, 0.2) is 43.0 Å². The van der Waals surface area contributed by atoms with Crippen LogP contribution in [0.2, 0.25) is 0 Å². The second-order valence-corrected chi connectivity index (χ2v) is 8.42. The predicted octanol–water partition coefficient (Wildman–Crippen LogP) is 3.45. The van der Waals surface area contributed by atoms with Crippen LogP contribution >= 0.6 is 0 Å². The first kappa shape index (κ1) is 17.6. The highest BCUT2D eigenvalue weighted by atomic mass is 15.2. The van der Waals surface area contributed by atoms with E-state index in [2.05, 4.69) is 67.0 Å². The van der Waals surface area contributed by atoms with Gasteiger partial charge in [-0.05, 0) is 42.7 Å². The summed E-state index contributed by atoms with van der Waals surface area (Å²) in [5.74, 6) is 1.64. The predicted molar refractivity (Wildman–Crippen MR) is 111 cm³/mol. The Labute approximate surface area is 166 Å². The van der Waals surface area contributed by atoms with Gasteiger partial charge in [0, 0.05) is 26.2 Å². The highest BCUT2D eigenvalue weighted by molar-refractivity contribution is 5.82. The molecule has 1 aromatic carbocycles. The Morgan fingerprint density at radius 1 is 1.11 bits per heavy atom. The molecule has 2 aliphatic heterocycles. The Morgan fingerprint density at radius 2 is 1.93 bits per heavy atom. The zero-order valence-electron chi connectivity index (χ0n) is 16.5. The zero-order chi connectivity index (χ0) is 19.0. The number of anilines is 1. The Hall–Kier alpha value is -2.47. The number of piperidine rings is 2. The van der Waals surface area contributed by atoms with Crippen LogP contribution in [0, 0.1) is 5.41 Å². The van der Waals surface area contributed by atoms with Crippen molar-refractivity contribution in [3.05, 3.63) is 48.5 Å². The van der Waals surface area contributed by atoms with E-state index in [9.17, 15) is 0 Å². The molecule has 5 rings (SSSR count). The molecule has 0 saturated carbocycles. The van der Waals surface area contributed by atoms with Crippen molar-refractivity contribution in [3.8, 4) is 0 Å². The van der Waals surface area contributed by atoms with Gasteiger partial charge in [-0.15, -0.1) is 0 Å². The largest absolute Gasteiger partial charge is 0.355 e. The highest BCUT2D eigenvalue weighted by Gasteiger charge is 2.42. The van der Waals surface area contributed by atoms with E-state index in [4.69, 9.17) is 0 Å². The molecule has 1 unspecified atom stereocenters. The number of hydrogen-bond acceptors (Lipinski definition) is 5. The van der Waals surface area contributed by atoms with E-state index >= 15 is 0 Å². The first-order chi connectivity index (χ1) is 13.8. The number of H-pyrrole nitrogens is 1. The molecule has 2 fully saturated rings. The Bertz CT molecular complexity index is 928. The van der Waals surface area contributed by atoms with Crippen molar-refractivity contribution in [1.82, 2.24) is 24.8 Å². The third-order valence-electron chi connectivity index (χ3n) is 6.76. The van der Waals surface area contributed by atoms with Gasteiger partial charge in [0.1, 0.15) is 11.8 Å². The van der Waals surface area contributed by atoms with Crippen LogP contribution in [0.1, 0.15) is 37.7 Å². The maximum atomic E-state index is 4.56. The lowest BCUT2D eigenvalue weighted by Gasteiger charge is -2.50. The second-order valence-electron chi connectivity index (χ2n) is 8.42. The molecule has 6 nitrogen and oxygen atoms in total. The lowest BCUT2D eigenvalue weighted by molar-refractivity contribution is 0.0543. The van der Waals surface area contributed by atoms with Crippen LogP contribution in [-0.2, 0) is 0 Å². The number of imidazole rings is 1. The number of fused-ring (bicyclic) bond motifs is 1. The molecule has 1 N–H and O–H groups in total. The van der Waals surface area contributed by atoms with Gasteiger partial charge in [0.25, 0.3) is 0 Å². The van der Waals surface area contributed by atoms with Crippen molar-refractivity contribution < 1.29 is 0 Å². The molecular weight excluding hydrogens is 348 g/mol. The molecule has 1 atom stereocenters. The molecule has 1 spiro atoms. The molecule has 0 amide bonds. The van der Waals surface area contributed by atoms with E-state index in [1.54, 1.807) is 12.7 Å². The van der Waals surface area contributed by atoms with Crippen LogP contribution in [0.3, 0.4) is 0 Å². The monoisotopic (exact) mass is 376 g/mol. The van der Waals surface area contributed by atoms with Crippen LogP contribution < -0.4 is 4.90 Å². The van der Waals surface area contributed by atoms with E-state index in [0.29, 0.717) is 11.3 Å². The van der Waals surface area contributed by atoms with Gasteiger partial charge in [-0.1, -0.05) is 37.3 Å². The quantitative estimate of drug-likeness (QED) is 0.759. The molecule has 2 aliphatic rings. The summed E-state index contributed by atoms with van der Waals surface area (Å²) in [6.45, 7) is 7.94. The molecule has 4 heterocycles. The van der Waals surface area contributed by atoms with Crippen molar-refractivity contribution in [2.45, 2.75) is 32.1 Å². The average molecular weight is 377 g/mol. The zero-order valence-corrected chi connectivity index (χ0v) is 16.5. The van der Waals surface area contributed by atoms with Crippen molar-refractivity contribution in [2.24, 2.45) is 5.41 Å². The van der Waals surface area contributed by atoms with Crippen molar-refractivity contribution in [3.63, 3.8) is 0 Å². The molecule has 146 valence electrons. The summed E-state index contributed by atoms with van der Waals surface area (Å²) in [6.07, 6.45) is 7.07. The number of aromatic amines is 1. The number of benzene rings is 1. The number of hydrogen-bond donors (Lipinski definition) is 1. The van der Waals surface area contributed by atoms with Gasteiger partial charge in [-0.2, -0.15) is 0 Å². The maximum absolute atomic E-state index is 4.56. The molecule has 0 aliphatic carbocycles. The van der Waals surface area contributed by atoms with Gasteiger partial charge in [-0.3, -0.25) is 0 Å². The van der Waals surface area contributed by atoms with Crippen molar-refractivity contribution >= 4 is 17.0 Å². The smallest absolute Gasteiger partial charge is 0.182 e. The fourth-order valence-corrected chi connectivity index (χ4v) is 5.24. The van der Waals surface area contributed by atoms with E-state index in [0.717, 1.165) is 36.6 Å². The van der Waals surface area contributed by atoms with Gasteiger partial charge in [0.05, 0.1) is 6.33 Å². The molecule has 2 aromatic heterocycles. The normalized spacial score (nSPS) is 22.8. The molecule has 2 saturated heterocycles. The fourth-order valence-electron chi connectivity index (χ4n) is 5.24. The number of likely N-dealkylation sites (N-methyl/N-ethyl adjacent to an activating group) is 1. The summed E-state index contributed by atoms with van der Waals surface area (Å²) >= 11 is 0. The SMILES string of the molecule is CCN1CC(c2ccccc2)CC2(CCN(c3ncnc4nc[nH]c34)CC2)C1. The molecule has 6 heteroatoms. The van der Waals surface area contributed by atoms with Gasteiger partial charge < -0.3 is 14.8 Å². The number of likely N-dealkylation sites (tertiary alicyclic amines) is 1. The molecule has 3 aromatic rings. The number of aromatic nitrogens is 4. The molecule has 0 radical (unpaired) electrons. The van der Waals surface area contributed by atoms with E-state index in [1.165, 1.54) is 37.9 Å². The molecule has 28 heavy (non-hydrogen) atoms. The minimum atomic E-state index is 0.408. The van der Waals surface area contributed by atoms with Gasteiger partial charge in [-0.25, -0.2) is 15.0 Å². The van der Waals surface area contributed by atoms with Gasteiger partial charge in [0.15, 0.2) is 11.5 Å². The third-order valence-corrected chi connectivity index (χ3v) is 6.76. The topological polar surface area (TPSA) is 60.9 Å². The van der Waals surface area contributed by atoms with Crippen LogP contribution in [-0.4, -0.2) is 57.6 Å². The summed E-state index contributed by atoms with van der Waals surface area (Å²) < 4.78 is 0. The minimum Gasteiger partial charge on any atom is -0.355 e. The standard InChI is InChI=1S/C22H28N6/c1-2-27-13-18(17-6-4-3-5-7-17)12-22(14-27)8-10-28(11-9-22)21-19-20(24-15-23-19)25-16-26-21/h3-7,15-16,18H,2,8-14H2,1H3,(H,23,24,25,26). The highest BCUT2D eigenvalue weighted by Crippen LogP contribution is 2.45. The van der Waals surface area contributed by atoms with E-state index in [-0.39, 0.29) is 0 Å². The minimum absolute atomic E-state index is 0.408. The second kappa shape index (κ2) is 7.17. The Balaban J connectivity index is 1.36. The maximum Gasteiger partial charge on any atom is 0.182 e. The summed E-state index contributed by atoms with van der Waals surface area (Å²) in [5, 5.41) is 0. The van der Waals surface area contributed by atoms with Crippen LogP contribution in [0.4, 0.5) is 5.82 Å².